The van der Waals surface area contributed by atoms with Crippen molar-refractivity contribution in [3.8, 4) is 0 Å². The summed E-state index contributed by atoms with van der Waals surface area (Å²) >= 11 is 1.61. The molecule has 0 unspecified atom stereocenters. The number of para-hydroxylation sites is 1. The Kier molecular flexibility index (Phi) is 5.05. The van der Waals surface area contributed by atoms with Crippen LogP contribution in [0.2, 0.25) is 0 Å². The molecule has 3 aromatic rings. The van der Waals surface area contributed by atoms with E-state index in [0.717, 1.165) is 16.9 Å². The highest BCUT2D eigenvalue weighted by Crippen LogP contribution is 2.11. The average molecular weight is 341 g/mol. The van der Waals surface area contributed by atoms with Gasteiger partial charge in [0.05, 0.1) is 10.5 Å². The zero-order chi connectivity index (χ0) is 16.9. The van der Waals surface area contributed by atoms with E-state index in [-0.39, 0.29) is 17.9 Å². The standard InChI is InChI=1S/C18H19N3O2S/c1-2-20(11-8-17-19-9-12-24-17)18(23)13-21-10-7-16(22)14-5-3-4-6-15(14)21/h3-7,9-10,12H,2,8,11,13H2,1H3. The van der Waals surface area contributed by atoms with E-state index in [9.17, 15) is 9.59 Å². The zero-order valence-corrected chi connectivity index (χ0v) is 14.3. The fraction of sp³-hybridized carbons (Fsp3) is 0.278. The van der Waals surface area contributed by atoms with Gasteiger partial charge in [0.25, 0.3) is 0 Å². The van der Waals surface area contributed by atoms with Gasteiger partial charge in [-0.15, -0.1) is 11.3 Å². The Labute approximate surface area is 144 Å². The number of hydrogen-bond donors (Lipinski definition) is 0. The normalized spacial score (nSPS) is 10.9. The molecular weight excluding hydrogens is 322 g/mol. The summed E-state index contributed by atoms with van der Waals surface area (Å²) in [6.07, 6.45) is 4.24. The summed E-state index contributed by atoms with van der Waals surface area (Å²) in [4.78, 5) is 30.7. The molecule has 1 amide bonds. The van der Waals surface area contributed by atoms with Gasteiger partial charge in [-0.2, -0.15) is 0 Å². The lowest BCUT2D eigenvalue weighted by atomic mass is 10.2. The highest BCUT2D eigenvalue weighted by Gasteiger charge is 2.14. The number of aromatic nitrogens is 2. The molecule has 124 valence electrons. The van der Waals surface area contributed by atoms with E-state index in [1.54, 1.807) is 29.8 Å². The van der Waals surface area contributed by atoms with E-state index in [4.69, 9.17) is 0 Å². The molecule has 2 heterocycles. The fourth-order valence-corrected chi connectivity index (χ4v) is 3.32. The quantitative estimate of drug-likeness (QED) is 0.692. The lowest BCUT2D eigenvalue weighted by Gasteiger charge is -2.21. The van der Waals surface area contributed by atoms with Gasteiger partial charge in [-0.25, -0.2) is 4.98 Å². The van der Waals surface area contributed by atoms with Crippen LogP contribution >= 0.6 is 11.3 Å². The summed E-state index contributed by atoms with van der Waals surface area (Å²) in [6.45, 7) is 3.51. The number of benzene rings is 1. The van der Waals surface area contributed by atoms with E-state index in [1.807, 2.05) is 40.0 Å². The Balaban J connectivity index is 1.76. The summed E-state index contributed by atoms with van der Waals surface area (Å²) in [5.74, 6) is 0.0443. The third-order valence-electron chi connectivity index (χ3n) is 4.00. The number of carbonyl (C=O) groups is 1. The van der Waals surface area contributed by atoms with Crippen LogP contribution in [0.5, 0.6) is 0 Å². The van der Waals surface area contributed by atoms with Crippen molar-refractivity contribution >= 4 is 28.1 Å². The molecule has 3 rings (SSSR count). The van der Waals surface area contributed by atoms with Crippen LogP contribution in [0.15, 0.2) is 52.9 Å². The number of amides is 1. The maximum absolute atomic E-state index is 12.6. The number of pyridine rings is 1. The third-order valence-corrected chi connectivity index (χ3v) is 4.84. The molecule has 0 aliphatic carbocycles. The Bertz CT molecular complexity index is 887. The Morgan fingerprint density at radius 1 is 1.29 bits per heavy atom. The SMILES string of the molecule is CCN(CCc1nccs1)C(=O)Cn1ccc(=O)c2ccccc21. The maximum Gasteiger partial charge on any atom is 0.242 e. The zero-order valence-electron chi connectivity index (χ0n) is 13.5. The molecule has 0 fully saturated rings. The second-order valence-electron chi connectivity index (χ2n) is 5.47. The topological polar surface area (TPSA) is 55.2 Å². The third kappa shape index (κ3) is 3.54. The number of nitrogens with zero attached hydrogens (tertiary/aromatic N) is 3. The first-order valence-electron chi connectivity index (χ1n) is 7.93. The lowest BCUT2D eigenvalue weighted by molar-refractivity contribution is -0.131. The van der Waals surface area contributed by atoms with E-state index >= 15 is 0 Å². The fourth-order valence-electron chi connectivity index (χ4n) is 2.71. The minimum absolute atomic E-state index is 0.0228. The van der Waals surface area contributed by atoms with Crippen molar-refractivity contribution in [1.29, 1.82) is 0 Å². The molecule has 24 heavy (non-hydrogen) atoms. The van der Waals surface area contributed by atoms with Gasteiger partial charge in [-0.3, -0.25) is 9.59 Å². The molecule has 0 bridgehead atoms. The van der Waals surface area contributed by atoms with Crippen molar-refractivity contribution in [3.63, 3.8) is 0 Å². The Morgan fingerprint density at radius 2 is 2.12 bits per heavy atom. The summed E-state index contributed by atoms with van der Waals surface area (Å²) in [5, 5.41) is 3.62. The lowest BCUT2D eigenvalue weighted by Crippen LogP contribution is -2.35. The molecular formula is C18H19N3O2S. The number of hydrogen-bond acceptors (Lipinski definition) is 4. The van der Waals surface area contributed by atoms with E-state index in [0.29, 0.717) is 18.5 Å². The Hall–Kier alpha value is -2.47. The van der Waals surface area contributed by atoms with Gasteiger partial charge in [0.2, 0.25) is 5.91 Å². The van der Waals surface area contributed by atoms with Crippen LogP contribution in [-0.2, 0) is 17.8 Å². The largest absolute Gasteiger partial charge is 0.341 e. The molecule has 0 aliphatic heterocycles. The monoisotopic (exact) mass is 341 g/mol. The predicted molar refractivity (Wildman–Crippen MR) is 96.3 cm³/mol. The summed E-state index contributed by atoms with van der Waals surface area (Å²) in [6, 6.07) is 8.89. The van der Waals surface area contributed by atoms with Gasteiger partial charge < -0.3 is 9.47 Å². The van der Waals surface area contributed by atoms with Gasteiger partial charge in [0, 0.05) is 48.7 Å². The van der Waals surface area contributed by atoms with Crippen LogP contribution in [-0.4, -0.2) is 33.4 Å². The molecule has 2 aromatic heterocycles. The second-order valence-corrected chi connectivity index (χ2v) is 6.45. The average Bonchev–Trinajstić information content (AvgIpc) is 3.12. The van der Waals surface area contributed by atoms with Gasteiger partial charge in [0.15, 0.2) is 5.43 Å². The molecule has 0 saturated heterocycles. The predicted octanol–water partition coefficient (Wildman–Crippen LogP) is 2.55. The molecule has 5 nitrogen and oxygen atoms in total. The molecule has 0 saturated carbocycles. The first kappa shape index (κ1) is 16.4. The van der Waals surface area contributed by atoms with Crippen molar-refractivity contribution in [2.45, 2.75) is 19.9 Å². The van der Waals surface area contributed by atoms with Crippen LogP contribution in [0.1, 0.15) is 11.9 Å². The molecule has 0 atom stereocenters. The number of fused-ring (bicyclic) bond motifs is 1. The highest BCUT2D eigenvalue weighted by molar-refractivity contribution is 7.09. The maximum atomic E-state index is 12.6. The molecule has 0 N–H and O–H groups in total. The van der Waals surface area contributed by atoms with E-state index in [2.05, 4.69) is 4.98 Å². The van der Waals surface area contributed by atoms with Crippen molar-refractivity contribution in [2.24, 2.45) is 0 Å². The van der Waals surface area contributed by atoms with E-state index in [1.165, 1.54) is 6.07 Å². The van der Waals surface area contributed by atoms with Gasteiger partial charge >= 0.3 is 0 Å². The van der Waals surface area contributed by atoms with Gasteiger partial charge in [-0.05, 0) is 19.1 Å². The van der Waals surface area contributed by atoms with Crippen LogP contribution in [0, 0.1) is 0 Å². The summed E-state index contributed by atoms with van der Waals surface area (Å²) in [5.41, 5.74) is 0.764. The Morgan fingerprint density at radius 3 is 2.88 bits per heavy atom. The van der Waals surface area contributed by atoms with Crippen LogP contribution in [0.4, 0.5) is 0 Å². The van der Waals surface area contributed by atoms with Crippen LogP contribution in [0.3, 0.4) is 0 Å². The minimum atomic E-state index is -0.0228. The first-order valence-corrected chi connectivity index (χ1v) is 8.81. The first-order chi connectivity index (χ1) is 11.7. The van der Waals surface area contributed by atoms with Crippen molar-refractivity contribution in [1.82, 2.24) is 14.5 Å². The number of likely N-dealkylation sites (N-methyl/N-ethyl adjacent to an activating group) is 1. The smallest absolute Gasteiger partial charge is 0.242 e. The van der Waals surface area contributed by atoms with Crippen molar-refractivity contribution in [3.05, 3.63) is 63.3 Å². The summed E-state index contributed by atoms with van der Waals surface area (Å²) < 4.78 is 1.84. The molecule has 0 radical (unpaired) electrons. The van der Waals surface area contributed by atoms with Crippen LogP contribution < -0.4 is 5.43 Å². The van der Waals surface area contributed by atoms with Gasteiger partial charge in [0.1, 0.15) is 6.54 Å². The molecule has 0 aliphatic rings. The highest BCUT2D eigenvalue weighted by atomic mass is 32.1. The van der Waals surface area contributed by atoms with Crippen molar-refractivity contribution in [2.75, 3.05) is 13.1 Å². The minimum Gasteiger partial charge on any atom is -0.341 e. The number of carbonyl (C=O) groups excluding carboxylic acids is 1. The van der Waals surface area contributed by atoms with Crippen molar-refractivity contribution < 1.29 is 4.79 Å². The van der Waals surface area contributed by atoms with Crippen LogP contribution in [0.25, 0.3) is 10.9 Å². The second kappa shape index (κ2) is 7.40. The molecule has 6 heteroatoms. The molecule has 1 aromatic carbocycles. The number of rotatable bonds is 6. The van der Waals surface area contributed by atoms with Gasteiger partial charge in [-0.1, -0.05) is 12.1 Å². The number of thiazole rings is 1. The van der Waals surface area contributed by atoms with E-state index < -0.39 is 0 Å². The molecule has 0 spiro atoms. The summed E-state index contributed by atoms with van der Waals surface area (Å²) in [7, 11) is 0.